The van der Waals surface area contributed by atoms with Crippen LogP contribution < -0.4 is 10.1 Å². The second kappa shape index (κ2) is 11.6. The van der Waals surface area contributed by atoms with Gasteiger partial charge in [-0.25, -0.2) is 14.6 Å². The van der Waals surface area contributed by atoms with Crippen LogP contribution in [0.4, 0.5) is 0 Å². The third-order valence-corrected chi connectivity index (χ3v) is 7.59. The summed E-state index contributed by atoms with van der Waals surface area (Å²) >= 11 is 6.10. The molecule has 4 aromatic carbocycles. The molecule has 0 spiro atoms. The average molecular weight is 577 g/mol. The molecule has 0 atom stereocenters. The van der Waals surface area contributed by atoms with E-state index in [-0.39, 0.29) is 45.7 Å². The number of hydrogen-bond donors (Lipinski definition) is 2. The van der Waals surface area contributed by atoms with Crippen LogP contribution in [0.2, 0.25) is 5.02 Å². The molecule has 208 valence electrons. The fraction of sp³-hybridized carbons (Fsp3) is 0.118. The molecule has 0 saturated heterocycles. The van der Waals surface area contributed by atoms with Crippen molar-refractivity contribution in [2.75, 3.05) is 6.54 Å². The van der Waals surface area contributed by atoms with Crippen LogP contribution >= 0.6 is 11.6 Å². The van der Waals surface area contributed by atoms with Crippen molar-refractivity contribution in [2.24, 2.45) is 0 Å². The number of aromatic nitrogens is 1. The van der Waals surface area contributed by atoms with E-state index in [0.29, 0.717) is 35.6 Å². The zero-order valence-corrected chi connectivity index (χ0v) is 23.1. The molecule has 42 heavy (non-hydrogen) atoms. The molecule has 2 N–H and O–H groups in total. The van der Waals surface area contributed by atoms with Crippen LogP contribution in [0.5, 0.6) is 5.75 Å². The van der Waals surface area contributed by atoms with E-state index in [9.17, 15) is 19.5 Å². The third-order valence-electron chi connectivity index (χ3n) is 7.34. The summed E-state index contributed by atoms with van der Waals surface area (Å²) in [5.41, 5.74) is 3.81. The predicted molar refractivity (Wildman–Crippen MR) is 160 cm³/mol. The number of benzene rings is 4. The summed E-state index contributed by atoms with van der Waals surface area (Å²) in [6, 6.07) is 25.9. The Labute approximate surface area is 246 Å². The number of carbonyl (C=O) groups excluding carboxylic acids is 2. The summed E-state index contributed by atoms with van der Waals surface area (Å²) in [7, 11) is 0. The molecular formula is C34H25ClN2O5. The molecule has 5 aromatic rings. The number of fused-ring (bicyclic) bond motifs is 3. The number of nitrogens with one attached hydrogen (secondary N) is 1. The maximum Gasteiger partial charge on any atom is 0.343 e. The van der Waals surface area contributed by atoms with Gasteiger partial charge in [-0.15, -0.1) is 0 Å². The van der Waals surface area contributed by atoms with E-state index in [1.54, 1.807) is 72.8 Å². The Bertz CT molecular complexity index is 1840. The van der Waals surface area contributed by atoms with Gasteiger partial charge >= 0.3 is 11.9 Å². The highest BCUT2D eigenvalue weighted by Gasteiger charge is 2.31. The van der Waals surface area contributed by atoms with Gasteiger partial charge in [-0.2, -0.15) is 0 Å². The fourth-order valence-corrected chi connectivity index (χ4v) is 5.45. The summed E-state index contributed by atoms with van der Waals surface area (Å²) in [4.78, 5) is 45.3. The zero-order chi connectivity index (χ0) is 29.2. The highest BCUT2D eigenvalue weighted by atomic mass is 35.5. The molecular weight excluding hydrogens is 552 g/mol. The van der Waals surface area contributed by atoms with Gasteiger partial charge in [-0.05, 0) is 60.0 Å². The number of halogens is 1. The molecule has 8 heteroatoms. The lowest BCUT2D eigenvalue weighted by molar-refractivity contribution is 0.0682. The lowest BCUT2D eigenvalue weighted by Crippen LogP contribution is -2.25. The van der Waals surface area contributed by atoms with Gasteiger partial charge in [-0.3, -0.25) is 4.79 Å². The molecule has 6 rings (SSSR count). The summed E-state index contributed by atoms with van der Waals surface area (Å²) in [6.45, 7) is 1.18. The van der Waals surface area contributed by atoms with Crippen molar-refractivity contribution >= 4 is 40.2 Å². The Kier molecular flexibility index (Phi) is 7.52. The number of carboxylic acid groups (broad SMARTS) is 1. The minimum absolute atomic E-state index is 0.148. The number of nitrogens with zero attached hydrogens (tertiary/aromatic N) is 1. The van der Waals surface area contributed by atoms with Gasteiger partial charge in [0.25, 0.3) is 0 Å². The predicted octanol–water partition coefficient (Wildman–Crippen LogP) is 6.27. The van der Waals surface area contributed by atoms with E-state index in [0.717, 1.165) is 16.7 Å². The number of carbonyl (C=O) groups is 3. The number of ether oxygens (including phenoxy) is 1. The normalized spacial score (nSPS) is 12.5. The SMILES string of the molecule is O=C(Oc1c(Cc2ccc(Cl)cc2)nc2c3c(cc(C(=O)c4ccccc4)c2c1C(=O)O)CCNC3)c1ccccc1. The molecule has 0 aliphatic carbocycles. The van der Waals surface area contributed by atoms with Gasteiger partial charge in [0.1, 0.15) is 5.56 Å². The van der Waals surface area contributed by atoms with E-state index in [1.165, 1.54) is 0 Å². The van der Waals surface area contributed by atoms with Crippen LogP contribution in [0.3, 0.4) is 0 Å². The molecule has 1 aliphatic rings. The molecule has 1 aliphatic heterocycles. The number of pyridine rings is 1. The molecule has 1 aromatic heterocycles. The Morgan fingerprint density at radius 2 is 1.57 bits per heavy atom. The van der Waals surface area contributed by atoms with E-state index < -0.39 is 11.9 Å². The first-order chi connectivity index (χ1) is 20.4. The Hall–Kier alpha value is -4.85. The van der Waals surface area contributed by atoms with Crippen LogP contribution in [-0.2, 0) is 19.4 Å². The molecule has 0 amide bonds. The van der Waals surface area contributed by atoms with Gasteiger partial charge in [0.15, 0.2) is 11.5 Å². The van der Waals surface area contributed by atoms with Crippen molar-refractivity contribution in [3.8, 4) is 5.75 Å². The monoisotopic (exact) mass is 576 g/mol. The van der Waals surface area contributed by atoms with Crippen molar-refractivity contribution in [3.63, 3.8) is 0 Å². The first-order valence-electron chi connectivity index (χ1n) is 13.5. The minimum atomic E-state index is -1.33. The quantitative estimate of drug-likeness (QED) is 0.174. The summed E-state index contributed by atoms with van der Waals surface area (Å²) in [6.07, 6.45) is 0.825. The van der Waals surface area contributed by atoms with E-state index in [4.69, 9.17) is 21.3 Å². The molecule has 0 bridgehead atoms. The molecule has 0 unspecified atom stereocenters. The van der Waals surface area contributed by atoms with Crippen LogP contribution in [0.25, 0.3) is 10.9 Å². The zero-order valence-electron chi connectivity index (χ0n) is 22.4. The average Bonchev–Trinajstić information content (AvgIpc) is 3.02. The van der Waals surface area contributed by atoms with E-state index >= 15 is 0 Å². The number of carboxylic acids is 1. The number of aromatic carboxylic acids is 1. The van der Waals surface area contributed by atoms with Crippen molar-refractivity contribution < 1.29 is 24.2 Å². The van der Waals surface area contributed by atoms with Gasteiger partial charge in [-0.1, -0.05) is 72.3 Å². The van der Waals surface area contributed by atoms with Gasteiger partial charge in [0, 0.05) is 34.5 Å². The highest BCUT2D eigenvalue weighted by Crippen LogP contribution is 2.38. The molecule has 0 saturated carbocycles. The number of ketones is 1. The third kappa shape index (κ3) is 5.28. The first kappa shape index (κ1) is 27.3. The summed E-state index contributed by atoms with van der Waals surface area (Å²) in [5, 5.41) is 14.7. The lowest BCUT2D eigenvalue weighted by Gasteiger charge is -2.23. The Morgan fingerprint density at radius 3 is 2.24 bits per heavy atom. The Morgan fingerprint density at radius 1 is 0.905 bits per heavy atom. The molecule has 0 radical (unpaired) electrons. The van der Waals surface area contributed by atoms with Crippen molar-refractivity contribution in [3.05, 3.63) is 141 Å². The van der Waals surface area contributed by atoms with Gasteiger partial charge < -0.3 is 15.2 Å². The molecule has 0 fully saturated rings. The highest BCUT2D eigenvalue weighted by molar-refractivity contribution is 6.30. The number of rotatable bonds is 7. The maximum atomic E-state index is 13.9. The summed E-state index contributed by atoms with van der Waals surface area (Å²) in [5.74, 6) is -2.59. The maximum absolute atomic E-state index is 13.9. The fourth-order valence-electron chi connectivity index (χ4n) is 5.32. The lowest BCUT2D eigenvalue weighted by atomic mass is 9.87. The van der Waals surface area contributed by atoms with E-state index in [1.807, 2.05) is 18.2 Å². The topological polar surface area (TPSA) is 106 Å². The number of hydrogen-bond acceptors (Lipinski definition) is 6. The van der Waals surface area contributed by atoms with Crippen LogP contribution in [0.15, 0.2) is 91.0 Å². The largest absolute Gasteiger partial charge is 0.478 e. The minimum Gasteiger partial charge on any atom is -0.478 e. The smallest absolute Gasteiger partial charge is 0.343 e. The Balaban J connectivity index is 1.66. The van der Waals surface area contributed by atoms with E-state index in [2.05, 4.69) is 5.32 Å². The van der Waals surface area contributed by atoms with Crippen molar-refractivity contribution in [1.29, 1.82) is 0 Å². The van der Waals surface area contributed by atoms with Gasteiger partial charge in [0.05, 0.1) is 16.8 Å². The van der Waals surface area contributed by atoms with Crippen LogP contribution in [0, 0.1) is 0 Å². The first-order valence-corrected chi connectivity index (χ1v) is 13.8. The van der Waals surface area contributed by atoms with Gasteiger partial charge in [0.2, 0.25) is 0 Å². The van der Waals surface area contributed by atoms with Crippen LogP contribution in [0.1, 0.15) is 59.0 Å². The second-order valence-electron chi connectivity index (χ2n) is 10.0. The van der Waals surface area contributed by atoms with Crippen molar-refractivity contribution in [2.45, 2.75) is 19.4 Å². The molecule has 7 nitrogen and oxygen atoms in total. The number of esters is 1. The van der Waals surface area contributed by atoms with Crippen LogP contribution in [-0.4, -0.2) is 34.4 Å². The molecule has 2 heterocycles. The standard InChI is InChI=1S/C34H25ClN2O5/c35-24-13-11-20(12-14-24)17-27-32(42-34(41)22-9-5-2-6-10-22)29(33(39)40)28-25(31(38)21-7-3-1-4-8-21)18-23-15-16-36-19-26(23)30(28)37-27/h1-14,18,36H,15-17,19H2,(H,39,40). The second-order valence-corrected chi connectivity index (χ2v) is 10.5. The van der Waals surface area contributed by atoms with Crippen molar-refractivity contribution in [1.82, 2.24) is 10.3 Å². The summed E-state index contributed by atoms with van der Waals surface area (Å²) < 4.78 is 5.88.